The fourth-order valence-electron chi connectivity index (χ4n) is 1.60. The molecule has 0 aliphatic heterocycles. The third-order valence-electron chi connectivity index (χ3n) is 2.61. The molecule has 1 aromatic heterocycles. The lowest BCUT2D eigenvalue weighted by Gasteiger charge is -2.08. The molecular weight excluding hydrogens is 303 g/mol. The maximum absolute atomic E-state index is 12.6. The van der Waals surface area contributed by atoms with Crippen LogP contribution in [0.2, 0.25) is 0 Å². The zero-order valence-corrected chi connectivity index (χ0v) is 11.8. The lowest BCUT2D eigenvalue weighted by atomic mass is 10.2. The molecule has 112 valence electrons. The van der Waals surface area contributed by atoms with Gasteiger partial charge in [0.25, 0.3) is 0 Å². The summed E-state index contributed by atoms with van der Waals surface area (Å²) in [7, 11) is 1.52. The fourth-order valence-corrected chi connectivity index (χ4v) is 2.33. The van der Waals surface area contributed by atoms with Crippen molar-refractivity contribution in [1.82, 2.24) is 10.3 Å². The Balaban J connectivity index is 2.10. The minimum absolute atomic E-state index is 0.136. The van der Waals surface area contributed by atoms with Gasteiger partial charge in [0.1, 0.15) is 0 Å². The van der Waals surface area contributed by atoms with E-state index in [0.29, 0.717) is 16.5 Å². The first-order chi connectivity index (χ1) is 9.88. The predicted molar refractivity (Wildman–Crippen MR) is 74.6 cm³/mol. The standard InChI is InChI=1S/C13H12F3N3OS/c1-17-11(20)6-10-7-21-12(19-10)18-9-4-2-3-8(5-9)13(14,15)16/h2-5,7H,6H2,1H3,(H,17,20)(H,18,19). The molecule has 0 unspecified atom stereocenters. The van der Waals surface area contributed by atoms with Crippen molar-refractivity contribution in [1.29, 1.82) is 0 Å². The van der Waals surface area contributed by atoms with Gasteiger partial charge < -0.3 is 10.6 Å². The molecule has 1 heterocycles. The second-order valence-electron chi connectivity index (χ2n) is 4.20. The van der Waals surface area contributed by atoms with Gasteiger partial charge in [-0.3, -0.25) is 4.79 Å². The highest BCUT2D eigenvalue weighted by Gasteiger charge is 2.30. The number of nitrogens with zero attached hydrogens (tertiary/aromatic N) is 1. The van der Waals surface area contributed by atoms with Gasteiger partial charge in [-0.15, -0.1) is 11.3 Å². The fraction of sp³-hybridized carbons (Fsp3) is 0.231. The molecule has 0 spiro atoms. The van der Waals surface area contributed by atoms with Gasteiger partial charge in [0.05, 0.1) is 17.7 Å². The summed E-state index contributed by atoms with van der Waals surface area (Å²) in [6, 6.07) is 4.86. The van der Waals surface area contributed by atoms with E-state index in [1.165, 1.54) is 30.5 Å². The third kappa shape index (κ3) is 4.19. The van der Waals surface area contributed by atoms with Crippen LogP contribution < -0.4 is 10.6 Å². The average Bonchev–Trinajstić information content (AvgIpc) is 2.85. The van der Waals surface area contributed by atoms with Crippen LogP contribution >= 0.6 is 11.3 Å². The van der Waals surface area contributed by atoms with Crippen molar-refractivity contribution in [3.63, 3.8) is 0 Å². The summed E-state index contributed by atoms with van der Waals surface area (Å²) in [5.74, 6) is -0.175. The average molecular weight is 315 g/mol. The van der Waals surface area contributed by atoms with Crippen LogP contribution in [-0.4, -0.2) is 17.9 Å². The van der Waals surface area contributed by atoms with Crippen LogP contribution in [0, 0.1) is 0 Å². The number of hydrogen-bond acceptors (Lipinski definition) is 4. The summed E-state index contributed by atoms with van der Waals surface area (Å²) in [6.45, 7) is 0. The van der Waals surface area contributed by atoms with Crippen molar-refractivity contribution < 1.29 is 18.0 Å². The Kier molecular flexibility index (Phi) is 4.46. The third-order valence-corrected chi connectivity index (χ3v) is 3.42. The number of rotatable bonds is 4. The summed E-state index contributed by atoms with van der Waals surface area (Å²) in [5.41, 5.74) is 0.133. The zero-order valence-electron chi connectivity index (χ0n) is 11.0. The Labute approximate surface area is 123 Å². The van der Waals surface area contributed by atoms with Crippen molar-refractivity contribution >= 4 is 28.1 Å². The number of likely N-dealkylation sites (N-methyl/N-ethyl adjacent to an activating group) is 1. The minimum atomic E-state index is -4.38. The Bertz CT molecular complexity index is 640. The molecule has 0 radical (unpaired) electrons. The molecule has 2 N–H and O–H groups in total. The number of aromatic nitrogens is 1. The topological polar surface area (TPSA) is 54.0 Å². The van der Waals surface area contributed by atoms with Gasteiger partial charge in [-0.05, 0) is 18.2 Å². The highest BCUT2D eigenvalue weighted by atomic mass is 32.1. The summed E-state index contributed by atoms with van der Waals surface area (Å²) in [5, 5.41) is 7.40. The van der Waals surface area contributed by atoms with Crippen molar-refractivity contribution in [2.24, 2.45) is 0 Å². The van der Waals surface area contributed by atoms with E-state index >= 15 is 0 Å². The Morgan fingerprint density at radius 1 is 1.38 bits per heavy atom. The quantitative estimate of drug-likeness (QED) is 0.911. The van der Waals surface area contributed by atoms with Gasteiger partial charge >= 0.3 is 6.18 Å². The molecule has 1 amide bonds. The first-order valence-electron chi connectivity index (χ1n) is 5.98. The number of hydrogen-bond donors (Lipinski definition) is 2. The van der Waals surface area contributed by atoms with Gasteiger partial charge in [0, 0.05) is 18.1 Å². The molecule has 2 aromatic rings. The molecule has 0 aliphatic rings. The van der Waals surface area contributed by atoms with Gasteiger partial charge in [0.2, 0.25) is 5.91 Å². The van der Waals surface area contributed by atoms with E-state index in [2.05, 4.69) is 15.6 Å². The lowest BCUT2D eigenvalue weighted by Crippen LogP contribution is -2.20. The predicted octanol–water partition coefficient (Wildman–Crippen LogP) is 3.19. The number of nitrogens with one attached hydrogen (secondary N) is 2. The van der Waals surface area contributed by atoms with Gasteiger partial charge in [-0.1, -0.05) is 6.07 Å². The van der Waals surface area contributed by atoms with E-state index in [4.69, 9.17) is 0 Å². The Hall–Kier alpha value is -2.09. The van der Waals surface area contributed by atoms with Crippen LogP contribution in [0.15, 0.2) is 29.6 Å². The molecule has 0 saturated heterocycles. The molecule has 0 aliphatic carbocycles. The minimum Gasteiger partial charge on any atom is -0.359 e. The van der Waals surface area contributed by atoms with Crippen molar-refractivity contribution in [3.8, 4) is 0 Å². The molecular formula is C13H12F3N3OS. The van der Waals surface area contributed by atoms with Crippen molar-refractivity contribution in [2.45, 2.75) is 12.6 Å². The maximum Gasteiger partial charge on any atom is 0.416 e. The second-order valence-corrected chi connectivity index (χ2v) is 5.06. The SMILES string of the molecule is CNC(=O)Cc1csc(Nc2cccc(C(F)(F)F)c2)n1. The number of carbonyl (C=O) groups is 1. The molecule has 1 aromatic carbocycles. The normalized spacial score (nSPS) is 11.2. The van der Waals surface area contributed by atoms with Crippen LogP contribution in [0.5, 0.6) is 0 Å². The van der Waals surface area contributed by atoms with Crippen molar-refractivity contribution in [3.05, 3.63) is 40.9 Å². The summed E-state index contributed by atoms with van der Waals surface area (Å²) in [4.78, 5) is 15.4. The van der Waals surface area contributed by atoms with Crippen LogP contribution in [0.1, 0.15) is 11.3 Å². The number of thiazole rings is 1. The molecule has 4 nitrogen and oxygen atoms in total. The molecule has 0 atom stereocenters. The first kappa shape index (κ1) is 15.3. The van der Waals surface area contributed by atoms with E-state index in [1.54, 1.807) is 5.38 Å². The van der Waals surface area contributed by atoms with E-state index in [1.807, 2.05) is 0 Å². The number of halogens is 3. The van der Waals surface area contributed by atoms with Gasteiger partial charge in [-0.2, -0.15) is 13.2 Å². The van der Waals surface area contributed by atoms with Crippen LogP contribution in [0.4, 0.5) is 24.0 Å². The highest BCUT2D eigenvalue weighted by molar-refractivity contribution is 7.13. The maximum atomic E-state index is 12.6. The number of amides is 1. The van der Waals surface area contributed by atoms with E-state index in [-0.39, 0.29) is 12.3 Å². The highest BCUT2D eigenvalue weighted by Crippen LogP contribution is 2.31. The first-order valence-corrected chi connectivity index (χ1v) is 6.85. The van der Waals surface area contributed by atoms with E-state index in [9.17, 15) is 18.0 Å². The molecule has 21 heavy (non-hydrogen) atoms. The monoisotopic (exact) mass is 315 g/mol. The van der Waals surface area contributed by atoms with Crippen molar-refractivity contribution in [2.75, 3.05) is 12.4 Å². The second kappa shape index (κ2) is 6.13. The summed E-state index contributed by atoms with van der Waals surface area (Å²) in [6.07, 6.45) is -4.25. The number of anilines is 2. The Morgan fingerprint density at radius 2 is 2.14 bits per heavy atom. The number of carbonyl (C=O) groups excluding carboxylic acids is 1. The Morgan fingerprint density at radius 3 is 2.81 bits per heavy atom. The number of alkyl halides is 3. The smallest absolute Gasteiger partial charge is 0.359 e. The molecule has 2 rings (SSSR count). The van der Waals surface area contributed by atoms with Gasteiger partial charge in [0.15, 0.2) is 5.13 Å². The zero-order chi connectivity index (χ0) is 15.5. The molecule has 0 saturated carbocycles. The van der Waals surface area contributed by atoms with E-state index < -0.39 is 11.7 Å². The number of benzene rings is 1. The van der Waals surface area contributed by atoms with Crippen LogP contribution in [-0.2, 0) is 17.4 Å². The molecule has 0 bridgehead atoms. The van der Waals surface area contributed by atoms with Crippen LogP contribution in [0.3, 0.4) is 0 Å². The van der Waals surface area contributed by atoms with E-state index in [0.717, 1.165) is 12.1 Å². The molecule has 0 fully saturated rings. The molecule has 8 heteroatoms. The van der Waals surface area contributed by atoms with Crippen LogP contribution in [0.25, 0.3) is 0 Å². The summed E-state index contributed by atoms with van der Waals surface area (Å²) < 4.78 is 37.8. The largest absolute Gasteiger partial charge is 0.416 e. The van der Waals surface area contributed by atoms with Gasteiger partial charge in [-0.25, -0.2) is 4.98 Å². The summed E-state index contributed by atoms with van der Waals surface area (Å²) >= 11 is 1.23. The lowest BCUT2D eigenvalue weighted by molar-refractivity contribution is -0.137.